The molecule has 0 aliphatic carbocycles. The first-order chi connectivity index (χ1) is 21.4. The van der Waals surface area contributed by atoms with Gasteiger partial charge in [0.2, 0.25) is 11.6 Å². The van der Waals surface area contributed by atoms with Gasteiger partial charge in [0.05, 0.1) is 0 Å². The molecule has 0 aliphatic heterocycles. The Hall–Kier alpha value is -2.39. The van der Waals surface area contributed by atoms with Crippen molar-refractivity contribution in [1.29, 1.82) is 0 Å². The van der Waals surface area contributed by atoms with Crippen LogP contribution in [0, 0.1) is 0 Å². The number of aryl methyl sites for hydroxylation is 1. The molecule has 1 rings (SSSR count). The van der Waals surface area contributed by atoms with E-state index in [-0.39, 0.29) is 32.2 Å². The van der Waals surface area contributed by atoms with Crippen molar-refractivity contribution in [2.75, 3.05) is 26.9 Å². The highest BCUT2D eigenvalue weighted by Gasteiger charge is 2.25. The molecule has 45 heavy (non-hydrogen) atoms. The summed E-state index contributed by atoms with van der Waals surface area (Å²) in [5.41, 5.74) is 0.828. The Bertz CT molecular complexity index is 904. The molecule has 260 valence electrons. The maximum Gasteiger partial charge on any atom is 0.417 e. The van der Waals surface area contributed by atoms with Gasteiger partial charge in [-0.2, -0.15) is 0 Å². The Labute approximate surface area is 279 Å². The van der Waals surface area contributed by atoms with Crippen molar-refractivity contribution in [3.8, 4) is 0 Å². The van der Waals surface area contributed by atoms with Crippen molar-refractivity contribution in [3.63, 3.8) is 0 Å². The molecular weight excluding hydrogens is 594 g/mol. The van der Waals surface area contributed by atoms with Gasteiger partial charge in [0, 0.05) is 39.1 Å². The zero-order valence-electron chi connectivity index (χ0n) is 28.7. The van der Waals surface area contributed by atoms with E-state index in [1.54, 1.807) is 0 Å². The van der Waals surface area contributed by atoms with E-state index in [2.05, 4.69) is 19.2 Å². The van der Waals surface area contributed by atoms with Crippen LogP contribution in [0.5, 0.6) is 0 Å². The van der Waals surface area contributed by atoms with E-state index >= 15 is 0 Å². The molecular formula is C35H62ClN3O6. The van der Waals surface area contributed by atoms with E-state index in [1.807, 2.05) is 29.0 Å². The minimum absolute atomic E-state index is 0. The second-order valence-corrected chi connectivity index (χ2v) is 11.8. The Kier molecular flexibility index (Phi) is 27.5. The predicted molar refractivity (Wildman–Crippen MR) is 174 cm³/mol. The molecule has 1 unspecified atom stereocenters. The van der Waals surface area contributed by atoms with Gasteiger partial charge < -0.3 is 31.9 Å². The summed E-state index contributed by atoms with van der Waals surface area (Å²) in [6, 6.07) is 5.66. The van der Waals surface area contributed by atoms with E-state index in [1.165, 1.54) is 104 Å². The van der Waals surface area contributed by atoms with Crippen molar-refractivity contribution in [3.05, 3.63) is 30.1 Å². The number of carbonyl (C=O) groups is 3. The third-order valence-corrected chi connectivity index (χ3v) is 7.85. The van der Waals surface area contributed by atoms with Crippen LogP contribution >= 0.6 is 0 Å². The Morgan fingerprint density at radius 3 is 1.82 bits per heavy atom. The molecule has 0 fully saturated rings. The van der Waals surface area contributed by atoms with E-state index in [9.17, 15) is 14.4 Å². The van der Waals surface area contributed by atoms with Crippen molar-refractivity contribution in [1.82, 2.24) is 10.2 Å². The molecule has 3 amide bonds. The number of alkyl carbamates (subject to hydrolysis) is 1. The van der Waals surface area contributed by atoms with Crippen LogP contribution in [0.3, 0.4) is 0 Å². The smallest absolute Gasteiger partial charge is 0.417 e. The van der Waals surface area contributed by atoms with Crippen molar-refractivity contribution < 1.29 is 45.6 Å². The molecule has 1 aromatic heterocycles. The highest BCUT2D eigenvalue weighted by molar-refractivity contribution is 5.90. The van der Waals surface area contributed by atoms with Crippen LogP contribution in [0.15, 0.2) is 24.4 Å². The minimum Gasteiger partial charge on any atom is -1.00 e. The van der Waals surface area contributed by atoms with Crippen molar-refractivity contribution >= 4 is 18.1 Å². The maximum atomic E-state index is 12.7. The molecule has 1 aromatic rings. The van der Waals surface area contributed by atoms with Gasteiger partial charge in [-0.15, -0.1) is 0 Å². The summed E-state index contributed by atoms with van der Waals surface area (Å²) in [4.78, 5) is 38.0. The van der Waals surface area contributed by atoms with Crippen LogP contribution in [0.1, 0.15) is 136 Å². The highest BCUT2D eigenvalue weighted by atomic mass is 35.5. The summed E-state index contributed by atoms with van der Waals surface area (Å²) >= 11 is 0. The van der Waals surface area contributed by atoms with Gasteiger partial charge >= 0.3 is 12.2 Å². The molecule has 0 aliphatic rings. The van der Waals surface area contributed by atoms with E-state index in [0.29, 0.717) is 6.54 Å². The van der Waals surface area contributed by atoms with Gasteiger partial charge in [-0.05, 0) is 6.42 Å². The number of hydrogen-bond donors (Lipinski definition) is 1. The number of methoxy groups -OCH3 is 1. The van der Waals surface area contributed by atoms with Gasteiger partial charge in [-0.1, -0.05) is 116 Å². The molecule has 0 spiro atoms. The van der Waals surface area contributed by atoms with E-state index < -0.39 is 24.2 Å². The molecule has 1 atom stereocenters. The molecule has 1 N–H and O–H groups in total. The normalized spacial score (nSPS) is 11.4. The average molecular weight is 656 g/mol. The first-order valence-corrected chi connectivity index (χ1v) is 17.3. The second-order valence-electron chi connectivity index (χ2n) is 11.8. The number of aromatic nitrogens is 1. The quantitative estimate of drug-likeness (QED) is 0.113. The lowest BCUT2D eigenvalue weighted by Crippen LogP contribution is -3.00. The van der Waals surface area contributed by atoms with Crippen LogP contribution < -0.4 is 22.3 Å². The first-order valence-electron chi connectivity index (χ1n) is 17.3. The van der Waals surface area contributed by atoms with Gasteiger partial charge in [0.1, 0.15) is 32.4 Å². The van der Waals surface area contributed by atoms with Gasteiger partial charge in [-0.25, -0.2) is 19.1 Å². The van der Waals surface area contributed by atoms with Gasteiger partial charge in [-0.3, -0.25) is 4.79 Å². The fourth-order valence-corrected chi connectivity index (χ4v) is 5.09. The number of amides is 3. The molecule has 0 aromatic carbocycles. The number of rotatable bonds is 26. The predicted octanol–water partition coefficient (Wildman–Crippen LogP) is 4.88. The molecule has 0 bridgehead atoms. The second kappa shape index (κ2) is 29.0. The molecule has 0 saturated heterocycles. The van der Waals surface area contributed by atoms with E-state index in [4.69, 9.17) is 14.2 Å². The number of carbonyl (C=O) groups excluding carboxylic acids is 3. The van der Waals surface area contributed by atoms with Crippen LogP contribution in [-0.2, 0) is 32.1 Å². The number of ether oxygens (including phenoxy) is 3. The van der Waals surface area contributed by atoms with E-state index in [0.717, 1.165) is 36.4 Å². The Morgan fingerprint density at radius 2 is 1.31 bits per heavy atom. The number of nitrogens with one attached hydrogen (secondary N) is 1. The fourth-order valence-electron chi connectivity index (χ4n) is 5.09. The standard InChI is InChI=1S/C35H61N3O6.ClH/c1-5-7-8-9-10-11-12-13-14-15-16-17-18-19-20-22-25-36-34(40)43-29-33(42-4)30-44-35(41)38(31(3)39)28-32-24-21-23-27-37(32)26-6-2;/h21,23-24,27,33H,5-20,22,25-26,28-30H2,1-4H3;1H. The van der Waals surface area contributed by atoms with Crippen LogP contribution in [-0.4, -0.2) is 56.0 Å². The van der Waals surface area contributed by atoms with Crippen molar-refractivity contribution in [2.24, 2.45) is 0 Å². The summed E-state index contributed by atoms with van der Waals surface area (Å²) in [5.74, 6) is -0.416. The zero-order valence-corrected chi connectivity index (χ0v) is 29.4. The molecule has 9 nitrogen and oxygen atoms in total. The van der Waals surface area contributed by atoms with Crippen molar-refractivity contribution in [2.45, 2.75) is 149 Å². The molecule has 1 heterocycles. The number of pyridine rings is 1. The van der Waals surface area contributed by atoms with Crippen LogP contribution in [0.25, 0.3) is 0 Å². The summed E-state index contributed by atoms with van der Waals surface area (Å²) in [7, 11) is 1.45. The fraction of sp³-hybridized carbons (Fsp3) is 0.771. The summed E-state index contributed by atoms with van der Waals surface area (Å²) in [6.45, 7) is 6.90. The average Bonchev–Trinajstić information content (AvgIpc) is 3.02. The number of imide groups is 1. The van der Waals surface area contributed by atoms with Gasteiger partial charge in [0.25, 0.3) is 0 Å². The number of halogens is 1. The SMILES string of the molecule is CCCCCCCCCCCCCCCCCCNC(=O)OCC(COC(=O)N(Cc1cccc[n+]1CCC)C(C)=O)OC.[Cl-]. The largest absolute Gasteiger partial charge is 1.00 e. The lowest BCUT2D eigenvalue weighted by Gasteiger charge is -2.20. The molecule has 0 radical (unpaired) electrons. The van der Waals surface area contributed by atoms with Crippen LogP contribution in [0.4, 0.5) is 9.59 Å². The highest BCUT2D eigenvalue weighted by Crippen LogP contribution is 2.13. The monoisotopic (exact) mass is 655 g/mol. The number of unbranched alkanes of at least 4 members (excludes halogenated alkanes) is 15. The Morgan fingerprint density at radius 1 is 0.778 bits per heavy atom. The Balaban J connectivity index is 0.0000194. The molecule has 0 saturated carbocycles. The minimum atomic E-state index is -0.764. The first kappa shape index (κ1) is 42.6. The topological polar surface area (TPSA) is 98.0 Å². The number of nitrogens with zero attached hydrogens (tertiary/aromatic N) is 2. The summed E-state index contributed by atoms with van der Waals surface area (Å²) < 4.78 is 17.9. The third-order valence-electron chi connectivity index (χ3n) is 7.85. The summed E-state index contributed by atoms with van der Waals surface area (Å²) in [5, 5.41) is 2.77. The third kappa shape index (κ3) is 21.9. The lowest BCUT2D eigenvalue weighted by atomic mass is 10.0. The maximum absolute atomic E-state index is 12.7. The van der Waals surface area contributed by atoms with Crippen LogP contribution in [0.2, 0.25) is 0 Å². The van der Waals surface area contributed by atoms with Gasteiger partial charge in [0.15, 0.2) is 6.20 Å². The lowest BCUT2D eigenvalue weighted by molar-refractivity contribution is -0.704. The summed E-state index contributed by atoms with van der Waals surface area (Å²) in [6.07, 6.45) is 21.9. The zero-order chi connectivity index (χ0) is 32.3. The molecule has 10 heteroatoms. The number of hydrogen-bond acceptors (Lipinski definition) is 6.